The Morgan fingerprint density at radius 2 is 1.78 bits per heavy atom. The number of rotatable bonds is 7. The maximum absolute atomic E-state index is 12.8. The molecule has 3 rings (SSSR count). The first-order chi connectivity index (χ1) is 15.1. The van der Waals surface area contributed by atoms with Crippen LogP contribution in [0.3, 0.4) is 0 Å². The topological polar surface area (TPSA) is 112 Å². The number of nitrogens with one attached hydrogen (secondary N) is 1. The molecule has 1 aromatic carbocycles. The molecule has 2 heterocycles. The first-order valence-electron chi connectivity index (χ1n) is 9.97. The number of hydrogen-bond acceptors (Lipinski definition) is 8. The number of benzene rings is 1. The van der Waals surface area contributed by atoms with Crippen LogP contribution >= 0.6 is 11.3 Å². The Bertz CT molecular complexity index is 1070. The van der Waals surface area contributed by atoms with Crippen LogP contribution in [0.5, 0.6) is 5.75 Å². The maximum Gasteiger partial charge on any atom is 0.265 e. The monoisotopic (exact) mass is 481 g/mol. The van der Waals surface area contributed by atoms with Gasteiger partial charge in [0.25, 0.3) is 5.91 Å². The molecule has 0 aliphatic carbocycles. The van der Waals surface area contributed by atoms with E-state index in [9.17, 15) is 18.0 Å². The molecule has 12 heteroatoms. The van der Waals surface area contributed by atoms with E-state index in [-0.39, 0.29) is 23.3 Å². The third kappa shape index (κ3) is 5.44. The summed E-state index contributed by atoms with van der Waals surface area (Å²) in [5, 5.41) is 3.11. The van der Waals surface area contributed by atoms with Crippen LogP contribution in [0.4, 0.5) is 5.13 Å². The number of aromatic nitrogens is 1. The van der Waals surface area contributed by atoms with Gasteiger partial charge in [0.1, 0.15) is 10.6 Å². The number of aryl methyl sites for hydroxylation is 1. The minimum atomic E-state index is -3.60. The van der Waals surface area contributed by atoms with Crippen LogP contribution in [0.2, 0.25) is 0 Å². The molecule has 1 fully saturated rings. The van der Waals surface area contributed by atoms with E-state index in [1.807, 2.05) is 4.90 Å². The van der Waals surface area contributed by atoms with Gasteiger partial charge in [0.15, 0.2) is 5.13 Å². The molecule has 10 nitrogen and oxygen atoms in total. The number of carbonyl (C=O) groups is 2. The quantitative estimate of drug-likeness (QED) is 0.630. The molecule has 0 spiro atoms. The second kappa shape index (κ2) is 9.94. The lowest BCUT2D eigenvalue weighted by Crippen LogP contribution is -2.50. The van der Waals surface area contributed by atoms with Gasteiger partial charge in [-0.15, -0.1) is 0 Å². The van der Waals surface area contributed by atoms with Crippen molar-refractivity contribution in [3.05, 3.63) is 34.8 Å². The summed E-state index contributed by atoms with van der Waals surface area (Å²) >= 11 is 1.14. The summed E-state index contributed by atoms with van der Waals surface area (Å²) < 4.78 is 32.2. The standard InChI is InChI=1S/C20H27N5O5S2/c1-14-18(19(27)23(2)3)31-20(21-14)22-17(26)13-24-9-11-25(12-10-24)32(28,29)16-7-5-15(30-4)6-8-16/h5-8H,9-13H2,1-4H3,(H,21,22,26). The van der Waals surface area contributed by atoms with Gasteiger partial charge < -0.3 is 15.0 Å². The number of methoxy groups -OCH3 is 1. The van der Waals surface area contributed by atoms with Gasteiger partial charge in [-0.25, -0.2) is 13.4 Å². The molecule has 32 heavy (non-hydrogen) atoms. The van der Waals surface area contributed by atoms with E-state index in [0.717, 1.165) is 11.3 Å². The van der Waals surface area contributed by atoms with E-state index < -0.39 is 10.0 Å². The second-order valence-electron chi connectivity index (χ2n) is 7.54. The molecule has 2 aromatic rings. The van der Waals surface area contributed by atoms with Crippen LogP contribution in [0.25, 0.3) is 0 Å². The van der Waals surface area contributed by atoms with Crippen molar-refractivity contribution in [3.8, 4) is 5.75 Å². The molecule has 2 amide bonds. The molecule has 1 aliphatic heterocycles. The first-order valence-corrected chi connectivity index (χ1v) is 12.2. The Morgan fingerprint density at radius 3 is 2.34 bits per heavy atom. The SMILES string of the molecule is COc1ccc(S(=O)(=O)N2CCN(CC(=O)Nc3nc(C)c(C(=O)N(C)C)s3)CC2)cc1. The smallest absolute Gasteiger partial charge is 0.265 e. The van der Waals surface area contributed by atoms with Crippen molar-refractivity contribution >= 4 is 38.3 Å². The average Bonchev–Trinajstić information content (AvgIpc) is 3.13. The molecule has 0 saturated carbocycles. The third-order valence-corrected chi connectivity index (χ3v) is 8.01. The maximum atomic E-state index is 12.8. The van der Waals surface area contributed by atoms with Crippen LogP contribution in [-0.2, 0) is 14.8 Å². The number of thiazole rings is 1. The van der Waals surface area contributed by atoms with Gasteiger partial charge in [-0.1, -0.05) is 11.3 Å². The van der Waals surface area contributed by atoms with Gasteiger partial charge >= 0.3 is 0 Å². The number of ether oxygens (including phenoxy) is 1. The zero-order chi connectivity index (χ0) is 23.5. The molecule has 0 bridgehead atoms. The predicted octanol–water partition coefficient (Wildman–Crippen LogP) is 1.11. The normalized spacial score (nSPS) is 15.4. The molecule has 174 valence electrons. The van der Waals surface area contributed by atoms with E-state index in [1.54, 1.807) is 33.2 Å². The number of anilines is 1. The van der Waals surface area contributed by atoms with Crippen molar-refractivity contribution < 1.29 is 22.7 Å². The van der Waals surface area contributed by atoms with Crippen LogP contribution in [0.1, 0.15) is 15.4 Å². The highest BCUT2D eigenvalue weighted by Gasteiger charge is 2.29. The number of amides is 2. The minimum absolute atomic E-state index is 0.117. The molecule has 0 radical (unpaired) electrons. The predicted molar refractivity (Wildman–Crippen MR) is 122 cm³/mol. The van der Waals surface area contributed by atoms with Crippen molar-refractivity contribution in [1.82, 2.24) is 19.1 Å². The Hall–Kier alpha value is -2.54. The fourth-order valence-corrected chi connectivity index (χ4v) is 5.66. The number of sulfonamides is 1. The first kappa shape index (κ1) is 24.1. The van der Waals surface area contributed by atoms with Crippen molar-refractivity contribution in [2.24, 2.45) is 0 Å². The number of hydrogen-bond donors (Lipinski definition) is 1. The molecular weight excluding hydrogens is 454 g/mol. The zero-order valence-electron chi connectivity index (χ0n) is 18.5. The second-order valence-corrected chi connectivity index (χ2v) is 10.5. The summed E-state index contributed by atoms with van der Waals surface area (Å²) in [7, 11) is 1.25. The van der Waals surface area contributed by atoms with Crippen LogP contribution in [-0.4, -0.2) is 93.3 Å². The van der Waals surface area contributed by atoms with Crippen molar-refractivity contribution in [2.45, 2.75) is 11.8 Å². The van der Waals surface area contributed by atoms with Crippen molar-refractivity contribution in [2.75, 3.05) is 59.2 Å². The summed E-state index contributed by atoms with van der Waals surface area (Å²) in [6.07, 6.45) is 0. The molecule has 1 saturated heterocycles. The van der Waals surface area contributed by atoms with Gasteiger partial charge in [0.05, 0.1) is 24.2 Å². The highest BCUT2D eigenvalue weighted by molar-refractivity contribution is 7.89. The molecule has 0 atom stereocenters. The largest absolute Gasteiger partial charge is 0.497 e. The molecule has 1 N–H and O–H groups in total. The highest BCUT2D eigenvalue weighted by atomic mass is 32.2. The van der Waals surface area contributed by atoms with Gasteiger partial charge in [-0.3, -0.25) is 14.5 Å². The Balaban J connectivity index is 1.54. The summed E-state index contributed by atoms with van der Waals surface area (Å²) in [6.45, 7) is 3.30. The Morgan fingerprint density at radius 1 is 1.16 bits per heavy atom. The van der Waals surface area contributed by atoms with E-state index in [2.05, 4.69) is 10.3 Å². The fourth-order valence-electron chi connectivity index (χ4n) is 3.24. The summed E-state index contributed by atoms with van der Waals surface area (Å²) in [5.74, 6) is 0.178. The van der Waals surface area contributed by atoms with Crippen molar-refractivity contribution in [3.63, 3.8) is 0 Å². The van der Waals surface area contributed by atoms with Gasteiger partial charge in [-0.05, 0) is 31.2 Å². The minimum Gasteiger partial charge on any atom is -0.497 e. The van der Waals surface area contributed by atoms with Gasteiger partial charge in [0, 0.05) is 40.3 Å². The van der Waals surface area contributed by atoms with E-state index in [1.165, 1.54) is 28.4 Å². The fraction of sp³-hybridized carbons (Fsp3) is 0.450. The van der Waals surface area contributed by atoms with Crippen LogP contribution < -0.4 is 10.1 Å². The lowest BCUT2D eigenvalue weighted by Gasteiger charge is -2.33. The molecular formula is C20H27N5O5S2. The summed E-state index contributed by atoms with van der Waals surface area (Å²) in [5.41, 5.74) is 0.571. The van der Waals surface area contributed by atoms with Crippen LogP contribution in [0, 0.1) is 6.92 Å². The van der Waals surface area contributed by atoms with Gasteiger partial charge in [-0.2, -0.15) is 4.31 Å². The van der Waals surface area contributed by atoms with Gasteiger partial charge in [0.2, 0.25) is 15.9 Å². The molecule has 1 aliphatic rings. The van der Waals surface area contributed by atoms with E-state index >= 15 is 0 Å². The Kier molecular flexibility index (Phi) is 7.49. The summed E-state index contributed by atoms with van der Waals surface area (Å²) in [6, 6.07) is 6.29. The third-order valence-electron chi connectivity index (χ3n) is 5.04. The highest BCUT2D eigenvalue weighted by Crippen LogP contribution is 2.24. The molecule has 0 unspecified atom stereocenters. The average molecular weight is 482 g/mol. The lowest BCUT2D eigenvalue weighted by molar-refractivity contribution is -0.117. The number of piperazine rings is 1. The van der Waals surface area contributed by atoms with E-state index in [4.69, 9.17) is 4.74 Å². The number of nitrogens with zero attached hydrogens (tertiary/aromatic N) is 4. The van der Waals surface area contributed by atoms with E-state index in [0.29, 0.717) is 47.6 Å². The lowest BCUT2D eigenvalue weighted by atomic mass is 10.3. The van der Waals surface area contributed by atoms with Crippen LogP contribution in [0.15, 0.2) is 29.2 Å². The van der Waals surface area contributed by atoms with Crippen molar-refractivity contribution in [1.29, 1.82) is 0 Å². The summed E-state index contributed by atoms with van der Waals surface area (Å²) in [4.78, 5) is 32.9. The number of carbonyl (C=O) groups excluding carboxylic acids is 2. The Labute approximate surface area is 191 Å². The zero-order valence-corrected chi connectivity index (χ0v) is 20.1. The molecule has 1 aromatic heterocycles.